The highest BCUT2D eigenvalue weighted by Gasteiger charge is 1.95. The van der Waals surface area contributed by atoms with Crippen molar-refractivity contribution in [3.8, 4) is 0 Å². The van der Waals surface area contributed by atoms with Crippen LogP contribution >= 0.6 is 11.8 Å². The van der Waals surface area contributed by atoms with E-state index in [-0.39, 0.29) is 5.96 Å². The molecule has 0 bridgehead atoms. The summed E-state index contributed by atoms with van der Waals surface area (Å²) in [5.74, 6) is 1.05. The molecular formula is C14H22N4S. The van der Waals surface area contributed by atoms with Gasteiger partial charge in [-0.25, -0.2) is 5.43 Å². The Balaban J connectivity index is 2.30. The van der Waals surface area contributed by atoms with Crippen LogP contribution in [0.5, 0.6) is 0 Å². The highest BCUT2D eigenvalue weighted by atomic mass is 32.2. The van der Waals surface area contributed by atoms with Crippen LogP contribution in [0.1, 0.15) is 31.7 Å². The van der Waals surface area contributed by atoms with E-state index in [1.54, 1.807) is 6.21 Å². The minimum Gasteiger partial charge on any atom is -0.369 e. The number of thioether (sulfide) groups is 1. The standard InChI is InChI=1S/C14H22N4S/c1-2-3-4-11-19-13-7-5-12(6-8-13)9-10-17-18-14(15)16/h5-8,10H,2-4,9,11H2,1H3,(H4,15,16,18). The van der Waals surface area contributed by atoms with E-state index in [4.69, 9.17) is 11.1 Å². The molecule has 1 rings (SSSR count). The van der Waals surface area contributed by atoms with Crippen LogP contribution in [0.3, 0.4) is 0 Å². The van der Waals surface area contributed by atoms with Crippen LogP contribution < -0.4 is 11.2 Å². The largest absolute Gasteiger partial charge is 0.369 e. The highest BCUT2D eigenvalue weighted by Crippen LogP contribution is 2.20. The predicted octanol–water partition coefficient (Wildman–Crippen LogP) is 2.98. The van der Waals surface area contributed by atoms with Gasteiger partial charge in [0.05, 0.1) is 0 Å². The summed E-state index contributed by atoms with van der Waals surface area (Å²) in [5, 5.41) is 10.8. The van der Waals surface area contributed by atoms with Gasteiger partial charge >= 0.3 is 0 Å². The Bertz CT molecular complexity index is 400. The number of benzene rings is 1. The van der Waals surface area contributed by atoms with E-state index >= 15 is 0 Å². The third kappa shape index (κ3) is 7.51. The minimum absolute atomic E-state index is 0.143. The fourth-order valence-electron chi connectivity index (χ4n) is 1.53. The molecule has 19 heavy (non-hydrogen) atoms. The van der Waals surface area contributed by atoms with Gasteiger partial charge in [-0.1, -0.05) is 31.9 Å². The molecule has 4 nitrogen and oxygen atoms in total. The first-order valence-electron chi connectivity index (χ1n) is 6.55. The summed E-state index contributed by atoms with van der Waals surface area (Å²) in [7, 11) is 0. The highest BCUT2D eigenvalue weighted by molar-refractivity contribution is 7.99. The van der Waals surface area contributed by atoms with Crippen LogP contribution in [0.4, 0.5) is 0 Å². The van der Waals surface area contributed by atoms with Gasteiger partial charge in [0, 0.05) is 17.5 Å². The van der Waals surface area contributed by atoms with Crippen molar-refractivity contribution in [1.82, 2.24) is 5.43 Å². The van der Waals surface area contributed by atoms with E-state index in [1.807, 2.05) is 11.8 Å². The summed E-state index contributed by atoms with van der Waals surface area (Å²) >= 11 is 1.91. The third-order valence-electron chi connectivity index (χ3n) is 2.54. The molecular weight excluding hydrogens is 256 g/mol. The maximum Gasteiger partial charge on any atom is 0.206 e. The smallest absolute Gasteiger partial charge is 0.206 e. The van der Waals surface area contributed by atoms with Gasteiger partial charge in [0.2, 0.25) is 5.96 Å². The number of hydrazone groups is 1. The molecule has 0 saturated heterocycles. The molecule has 0 heterocycles. The van der Waals surface area contributed by atoms with Gasteiger partial charge in [-0.2, -0.15) is 5.10 Å². The topological polar surface area (TPSA) is 74.3 Å². The van der Waals surface area contributed by atoms with E-state index in [2.05, 4.69) is 41.7 Å². The summed E-state index contributed by atoms with van der Waals surface area (Å²) in [6.07, 6.45) is 6.32. The normalized spacial score (nSPS) is 10.8. The summed E-state index contributed by atoms with van der Waals surface area (Å²) in [6.45, 7) is 2.22. The molecule has 0 unspecified atom stereocenters. The zero-order chi connectivity index (χ0) is 13.9. The van der Waals surface area contributed by atoms with Crippen LogP contribution in [0.15, 0.2) is 34.3 Å². The summed E-state index contributed by atoms with van der Waals surface area (Å²) < 4.78 is 0. The molecule has 1 aromatic carbocycles. The van der Waals surface area contributed by atoms with Crippen LogP contribution in [0.2, 0.25) is 0 Å². The Kier molecular flexibility index (Phi) is 7.74. The molecule has 0 aliphatic rings. The maximum absolute atomic E-state index is 6.95. The number of unbranched alkanes of at least 4 members (excludes halogenated alkanes) is 2. The Morgan fingerprint density at radius 3 is 2.74 bits per heavy atom. The molecule has 0 aliphatic heterocycles. The quantitative estimate of drug-likeness (QED) is 0.225. The lowest BCUT2D eigenvalue weighted by atomic mass is 10.2. The SMILES string of the molecule is CCCCCSc1ccc(CC=NNC(=N)N)cc1. The van der Waals surface area contributed by atoms with Gasteiger partial charge in [0.25, 0.3) is 0 Å². The van der Waals surface area contributed by atoms with Crippen LogP contribution in [-0.4, -0.2) is 17.9 Å². The van der Waals surface area contributed by atoms with E-state index in [9.17, 15) is 0 Å². The van der Waals surface area contributed by atoms with Crippen molar-refractivity contribution >= 4 is 23.9 Å². The summed E-state index contributed by atoms with van der Waals surface area (Å²) in [5.41, 5.74) is 8.71. The van der Waals surface area contributed by atoms with Crippen LogP contribution in [0.25, 0.3) is 0 Å². The van der Waals surface area contributed by atoms with Gasteiger partial charge in [0.1, 0.15) is 0 Å². The number of nitrogens with two attached hydrogens (primary N) is 1. The minimum atomic E-state index is -0.143. The van der Waals surface area contributed by atoms with Gasteiger partial charge in [-0.15, -0.1) is 11.8 Å². The fraction of sp³-hybridized carbons (Fsp3) is 0.429. The number of hydrogen-bond acceptors (Lipinski definition) is 3. The molecule has 0 saturated carbocycles. The summed E-state index contributed by atoms with van der Waals surface area (Å²) in [4.78, 5) is 1.32. The van der Waals surface area contributed by atoms with E-state index < -0.39 is 0 Å². The van der Waals surface area contributed by atoms with Gasteiger partial charge in [-0.05, 0) is 29.9 Å². The molecule has 4 N–H and O–H groups in total. The van der Waals surface area contributed by atoms with Crippen molar-refractivity contribution in [2.24, 2.45) is 10.8 Å². The molecule has 1 aromatic rings. The fourth-order valence-corrected chi connectivity index (χ4v) is 2.44. The van der Waals surface area contributed by atoms with Crippen molar-refractivity contribution in [3.05, 3.63) is 29.8 Å². The Labute approximate surface area is 119 Å². The maximum atomic E-state index is 6.95. The number of nitrogens with one attached hydrogen (secondary N) is 2. The van der Waals surface area contributed by atoms with Crippen molar-refractivity contribution in [3.63, 3.8) is 0 Å². The average Bonchev–Trinajstić information content (AvgIpc) is 2.41. The van der Waals surface area contributed by atoms with Gasteiger partial charge in [0.15, 0.2) is 0 Å². The zero-order valence-corrected chi connectivity index (χ0v) is 12.2. The lowest BCUT2D eigenvalue weighted by Crippen LogP contribution is -2.25. The first-order valence-corrected chi connectivity index (χ1v) is 7.54. The van der Waals surface area contributed by atoms with Gasteiger partial charge < -0.3 is 5.73 Å². The number of hydrogen-bond donors (Lipinski definition) is 3. The number of nitrogens with zero attached hydrogens (tertiary/aromatic N) is 1. The number of guanidine groups is 1. The van der Waals surface area contributed by atoms with Crippen LogP contribution in [-0.2, 0) is 6.42 Å². The van der Waals surface area contributed by atoms with Crippen molar-refractivity contribution in [2.45, 2.75) is 37.5 Å². The molecule has 0 aliphatic carbocycles. The van der Waals surface area contributed by atoms with Crippen molar-refractivity contribution in [1.29, 1.82) is 5.41 Å². The first kappa shape index (κ1) is 15.6. The second kappa shape index (κ2) is 9.44. The predicted molar refractivity (Wildman–Crippen MR) is 83.9 cm³/mol. The second-order valence-corrected chi connectivity index (χ2v) is 5.41. The van der Waals surface area contributed by atoms with Crippen LogP contribution in [0, 0.1) is 5.41 Å². The van der Waals surface area contributed by atoms with Crippen molar-refractivity contribution in [2.75, 3.05) is 5.75 Å². The summed E-state index contributed by atoms with van der Waals surface area (Å²) in [6, 6.07) is 8.53. The first-order chi connectivity index (χ1) is 9.22. The Morgan fingerprint density at radius 2 is 2.11 bits per heavy atom. The molecule has 0 atom stereocenters. The molecule has 0 aromatic heterocycles. The van der Waals surface area contributed by atoms with Crippen molar-refractivity contribution < 1.29 is 0 Å². The second-order valence-electron chi connectivity index (χ2n) is 4.24. The Hall–Kier alpha value is -1.49. The lowest BCUT2D eigenvalue weighted by Gasteiger charge is -2.02. The molecule has 0 fully saturated rings. The average molecular weight is 278 g/mol. The molecule has 0 amide bonds. The van der Waals surface area contributed by atoms with E-state index in [0.29, 0.717) is 0 Å². The Morgan fingerprint density at radius 1 is 1.37 bits per heavy atom. The third-order valence-corrected chi connectivity index (χ3v) is 3.64. The molecule has 5 heteroatoms. The van der Waals surface area contributed by atoms with Gasteiger partial charge in [-0.3, -0.25) is 5.41 Å². The number of rotatable bonds is 8. The van der Waals surface area contributed by atoms with E-state index in [0.717, 1.165) is 6.42 Å². The van der Waals surface area contributed by atoms with E-state index in [1.165, 1.54) is 35.5 Å². The molecule has 0 spiro atoms. The molecule has 0 radical (unpaired) electrons. The molecule has 104 valence electrons. The lowest BCUT2D eigenvalue weighted by molar-refractivity contribution is 0.778. The zero-order valence-electron chi connectivity index (χ0n) is 11.4. The monoisotopic (exact) mass is 278 g/mol.